The molecule has 13 heteroatoms. The Balaban J connectivity index is 1.70. The number of rotatable bonds is 7. The number of carbonyl (C=O) groups excluding carboxylic acids is 1. The Morgan fingerprint density at radius 1 is 1.24 bits per heavy atom. The molecule has 0 radical (unpaired) electrons. The fourth-order valence-electron chi connectivity index (χ4n) is 3.61. The number of nitro groups is 1. The zero-order valence-electron chi connectivity index (χ0n) is 18.5. The number of benzene rings is 1. The Labute approximate surface area is 197 Å². The summed E-state index contributed by atoms with van der Waals surface area (Å²) in [5.41, 5.74) is -0.654. The predicted molar refractivity (Wildman–Crippen MR) is 125 cm³/mol. The average molecular weight is 487 g/mol. The van der Waals surface area contributed by atoms with Gasteiger partial charge in [-0.05, 0) is 25.0 Å². The number of ether oxygens (including phenoxy) is 1. The zero-order valence-corrected chi connectivity index (χ0v) is 19.3. The number of nitrogens with zero attached hydrogens (tertiary/aromatic N) is 5. The van der Waals surface area contributed by atoms with Gasteiger partial charge in [-0.15, -0.1) is 0 Å². The second-order valence-corrected chi connectivity index (χ2v) is 8.75. The number of nitro benzene ring substituents is 1. The molecular weight excluding hydrogens is 464 g/mol. The first-order chi connectivity index (χ1) is 16.3. The van der Waals surface area contributed by atoms with Gasteiger partial charge in [-0.1, -0.05) is 11.8 Å². The molecule has 1 amide bonds. The third kappa shape index (κ3) is 4.70. The van der Waals surface area contributed by atoms with Crippen LogP contribution in [0.2, 0.25) is 0 Å². The normalized spacial score (nSPS) is 15.5. The van der Waals surface area contributed by atoms with Crippen molar-refractivity contribution >= 4 is 34.4 Å². The maximum atomic E-state index is 12.9. The molecule has 1 saturated heterocycles. The van der Waals surface area contributed by atoms with Crippen LogP contribution in [0.4, 0.5) is 5.69 Å². The largest absolute Gasteiger partial charge is 0.376 e. The summed E-state index contributed by atoms with van der Waals surface area (Å²) in [4.78, 5) is 57.1. The van der Waals surface area contributed by atoms with Gasteiger partial charge in [0.15, 0.2) is 11.5 Å². The number of hydrogen-bond donors (Lipinski definition) is 1. The van der Waals surface area contributed by atoms with Gasteiger partial charge in [-0.25, -0.2) is 14.8 Å². The minimum Gasteiger partial charge on any atom is -0.376 e. The third-order valence-corrected chi connectivity index (χ3v) is 6.47. The van der Waals surface area contributed by atoms with E-state index in [4.69, 9.17) is 4.74 Å². The van der Waals surface area contributed by atoms with Gasteiger partial charge in [-0.3, -0.25) is 28.8 Å². The number of carbonyl (C=O) groups is 1. The van der Waals surface area contributed by atoms with Crippen molar-refractivity contribution in [2.24, 2.45) is 14.1 Å². The molecule has 1 atom stereocenters. The maximum absolute atomic E-state index is 12.9. The Morgan fingerprint density at radius 2 is 1.97 bits per heavy atom. The predicted octanol–water partition coefficient (Wildman–Crippen LogP) is 0.990. The monoisotopic (exact) mass is 486 g/mol. The van der Waals surface area contributed by atoms with E-state index in [-0.39, 0.29) is 45.3 Å². The number of hydrogen-bond acceptors (Lipinski definition) is 9. The Kier molecular flexibility index (Phi) is 6.75. The number of fused-ring (bicyclic) bond motifs is 1. The molecule has 1 aliphatic rings. The summed E-state index contributed by atoms with van der Waals surface area (Å²) in [7, 11) is 2.84. The van der Waals surface area contributed by atoms with Crippen LogP contribution in [0.1, 0.15) is 12.8 Å². The van der Waals surface area contributed by atoms with Crippen molar-refractivity contribution in [3.63, 3.8) is 0 Å². The van der Waals surface area contributed by atoms with Crippen LogP contribution in [0, 0.1) is 10.1 Å². The van der Waals surface area contributed by atoms with E-state index in [1.54, 1.807) is 0 Å². The first-order valence-corrected chi connectivity index (χ1v) is 11.5. The minimum atomic E-state index is -0.574. The standard InChI is InChI=1S/C21H22N6O6S/c1-25-18-16(20(29)26(2)21(25)30)19(34-11-15(28)22-10-14-4-3-9-33-14)24-17(23-18)12-5-7-13(8-6-12)27(31)32/h5-8,14H,3-4,9-11H2,1-2H3,(H,22,28)/t14-/m0/s1. The highest BCUT2D eigenvalue weighted by Crippen LogP contribution is 2.27. The molecule has 12 nitrogen and oxygen atoms in total. The summed E-state index contributed by atoms with van der Waals surface area (Å²) in [6, 6.07) is 5.61. The zero-order chi connectivity index (χ0) is 24.4. The van der Waals surface area contributed by atoms with Gasteiger partial charge in [0.1, 0.15) is 10.4 Å². The average Bonchev–Trinajstić information content (AvgIpc) is 3.37. The summed E-state index contributed by atoms with van der Waals surface area (Å²) in [5, 5.41) is 14.1. The van der Waals surface area contributed by atoms with Gasteiger partial charge < -0.3 is 10.1 Å². The van der Waals surface area contributed by atoms with Gasteiger partial charge in [-0.2, -0.15) is 0 Å². The lowest BCUT2D eigenvalue weighted by atomic mass is 10.2. The number of thioether (sulfide) groups is 1. The number of nitrogens with one attached hydrogen (secondary N) is 1. The highest BCUT2D eigenvalue weighted by molar-refractivity contribution is 8.00. The molecular formula is C21H22N6O6S. The van der Waals surface area contributed by atoms with E-state index in [1.807, 2.05) is 0 Å². The molecule has 1 N–H and O–H groups in total. The van der Waals surface area contributed by atoms with Gasteiger partial charge in [0.2, 0.25) is 5.91 Å². The van der Waals surface area contributed by atoms with Crippen molar-refractivity contribution in [1.82, 2.24) is 24.4 Å². The van der Waals surface area contributed by atoms with E-state index in [0.29, 0.717) is 18.7 Å². The highest BCUT2D eigenvalue weighted by atomic mass is 32.2. The molecule has 1 aromatic carbocycles. The second-order valence-electron chi connectivity index (χ2n) is 7.79. The van der Waals surface area contributed by atoms with E-state index < -0.39 is 16.2 Å². The number of aromatic nitrogens is 4. The Hall–Kier alpha value is -3.58. The number of aryl methyl sites for hydroxylation is 1. The summed E-state index contributed by atoms with van der Waals surface area (Å²) >= 11 is 1.05. The SMILES string of the molecule is Cn1c(=O)c2c(SCC(=O)NC[C@@H]3CCCO3)nc(-c3ccc([N+](=O)[O-])cc3)nc2n(C)c1=O. The van der Waals surface area contributed by atoms with Gasteiger partial charge >= 0.3 is 5.69 Å². The maximum Gasteiger partial charge on any atom is 0.332 e. The first kappa shape index (κ1) is 23.6. The van der Waals surface area contributed by atoms with Crippen molar-refractivity contribution in [2.45, 2.75) is 24.0 Å². The van der Waals surface area contributed by atoms with E-state index in [1.165, 1.54) is 42.9 Å². The van der Waals surface area contributed by atoms with Crippen LogP contribution in [0.5, 0.6) is 0 Å². The Bertz CT molecular complexity index is 1380. The van der Waals surface area contributed by atoms with Crippen LogP contribution < -0.4 is 16.6 Å². The smallest absolute Gasteiger partial charge is 0.332 e. The van der Waals surface area contributed by atoms with E-state index in [0.717, 1.165) is 29.2 Å². The highest BCUT2D eigenvalue weighted by Gasteiger charge is 2.20. The molecule has 4 rings (SSSR count). The molecule has 0 saturated carbocycles. The lowest BCUT2D eigenvalue weighted by molar-refractivity contribution is -0.384. The van der Waals surface area contributed by atoms with Crippen LogP contribution >= 0.6 is 11.8 Å². The van der Waals surface area contributed by atoms with E-state index >= 15 is 0 Å². The van der Waals surface area contributed by atoms with Crippen LogP contribution in [-0.4, -0.2) is 54.9 Å². The summed E-state index contributed by atoms with van der Waals surface area (Å²) in [6.07, 6.45) is 1.87. The molecule has 1 fully saturated rings. The van der Waals surface area contributed by atoms with E-state index in [2.05, 4.69) is 15.3 Å². The van der Waals surface area contributed by atoms with Crippen molar-refractivity contribution in [2.75, 3.05) is 18.9 Å². The first-order valence-electron chi connectivity index (χ1n) is 10.5. The molecule has 3 heterocycles. The lowest BCUT2D eigenvalue weighted by Gasteiger charge is -2.13. The van der Waals surface area contributed by atoms with Crippen molar-refractivity contribution in [3.8, 4) is 11.4 Å². The summed E-state index contributed by atoms with van der Waals surface area (Å²) in [5.74, 6) is -0.0800. The second kappa shape index (κ2) is 9.73. The summed E-state index contributed by atoms with van der Waals surface area (Å²) in [6.45, 7) is 1.10. The van der Waals surface area contributed by atoms with Crippen LogP contribution in [0.3, 0.4) is 0 Å². The molecule has 1 aliphatic heterocycles. The van der Waals surface area contributed by atoms with Gasteiger partial charge in [0.05, 0.1) is 16.8 Å². The molecule has 0 spiro atoms. The lowest BCUT2D eigenvalue weighted by Crippen LogP contribution is -2.38. The quantitative estimate of drug-likeness (QED) is 0.223. The molecule has 0 aliphatic carbocycles. The van der Waals surface area contributed by atoms with Crippen LogP contribution in [0.25, 0.3) is 22.4 Å². The molecule has 178 valence electrons. The minimum absolute atomic E-state index is 0.00406. The fourth-order valence-corrected chi connectivity index (χ4v) is 4.46. The van der Waals surface area contributed by atoms with Gasteiger partial charge in [0.25, 0.3) is 11.2 Å². The molecule has 3 aromatic rings. The molecule has 0 unspecified atom stereocenters. The fraction of sp³-hybridized carbons (Fsp3) is 0.381. The molecule has 34 heavy (non-hydrogen) atoms. The van der Waals surface area contributed by atoms with Gasteiger partial charge in [0, 0.05) is 44.9 Å². The topological polar surface area (TPSA) is 151 Å². The number of non-ortho nitro benzene ring substituents is 1. The number of amides is 1. The summed E-state index contributed by atoms with van der Waals surface area (Å²) < 4.78 is 7.69. The van der Waals surface area contributed by atoms with Crippen molar-refractivity contribution in [3.05, 3.63) is 55.2 Å². The molecule has 0 bridgehead atoms. The third-order valence-electron chi connectivity index (χ3n) is 5.49. The molecule has 2 aromatic heterocycles. The Morgan fingerprint density at radius 3 is 2.62 bits per heavy atom. The van der Waals surface area contributed by atoms with Crippen molar-refractivity contribution in [1.29, 1.82) is 0 Å². The van der Waals surface area contributed by atoms with Crippen LogP contribution in [-0.2, 0) is 23.6 Å². The van der Waals surface area contributed by atoms with Crippen LogP contribution in [0.15, 0.2) is 38.9 Å². The van der Waals surface area contributed by atoms with Crippen molar-refractivity contribution < 1.29 is 14.5 Å². The van der Waals surface area contributed by atoms with E-state index in [9.17, 15) is 24.5 Å².